The van der Waals surface area contributed by atoms with E-state index in [9.17, 15) is 5.11 Å². The quantitative estimate of drug-likeness (QED) is 0.654. The van der Waals surface area contributed by atoms with Crippen molar-refractivity contribution >= 4 is 0 Å². The minimum atomic E-state index is -0.724. The molecular formula is C10H22N2O. The van der Waals surface area contributed by atoms with Gasteiger partial charge in [-0.05, 0) is 32.7 Å². The highest BCUT2D eigenvalue weighted by atomic mass is 16.3. The van der Waals surface area contributed by atoms with Gasteiger partial charge in [0.05, 0.1) is 5.60 Å². The molecule has 1 saturated carbocycles. The van der Waals surface area contributed by atoms with Crippen molar-refractivity contribution in [2.24, 2.45) is 11.7 Å². The van der Waals surface area contributed by atoms with Gasteiger partial charge in [0.15, 0.2) is 0 Å². The van der Waals surface area contributed by atoms with E-state index in [-0.39, 0.29) is 0 Å². The molecule has 3 nitrogen and oxygen atoms in total. The Kier molecular flexibility index (Phi) is 3.71. The zero-order chi connectivity index (χ0) is 9.90. The second-order valence-electron chi connectivity index (χ2n) is 4.69. The maximum absolute atomic E-state index is 9.73. The van der Waals surface area contributed by atoms with Crippen LogP contribution in [0.2, 0.25) is 0 Å². The van der Waals surface area contributed by atoms with Gasteiger partial charge in [0.25, 0.3) is 0 Å². The van der Waals surface area contributed by atoms with E-state index in [2.05, 4.69) is 11.9 Å². The van der Waals surface area contributed by atoms with Crippen LogP contribution in [-0.2, 0) is 0 Å². The highest BCUT2D eigenvalue weighted by molar-refractivity contribution is 4.79. The molecule has 3 heteroatoms. The zero-order valence-corrected chi connectivity index (χ0v) is 8.79. The molecule has 0 amide bonds. The van der Waals surface area contributed by atoms with Crippen LogP contribution in [0.1, 0.15) is 26.2 Å². The normalized spacial score (nSPS) is 22.8. The van der Waals surface area contributed by atoms with Gasteiger partial charge < -0.3 is 15.7 Å². The standard InChI is InChI=1S/C10H22N2O/c1-10(13,7-11)8-12(2)6-9-4-3-5-9/h9,13H,3-8,11H2,1-2H3. The van der Waals surface area contributed by atoms with Gasteiger partial charge in [-0.3, -0.25) is 0 Å². The number of likely N-dealkylation sites (N-methyl/N-ethyl adjacent to an activating group) is 1. The lowest BCUT2D eigenvalue weighted by Crippen LogP contribution is -2.46. The molecule has 13 heavy (non-hydrogen) atoms. The van der Waals surface area contributed by atoms with E-state index >= 15 is 0 Å². The Hall–Kier alpha value is -0.120. The van der Waals surface area contributed by atoms with E-state index < -0.39 is 5.60 Å². The summed E-state index contributed by atoms with van der Waals surface area (Å²) in [5.41, 5.74) is 4.73. The van der Waals surface area contributed by atoms with Gasteiger partial charge in [0, 0.05) is 19.6 Å². The molecule has 3 N–H and O–H groups in total. The first-order chi connectivity index (χ1) is 6.03. The highest BCUT2D eigenvalue weighted by Crippen LogP contribution is 2.26. The van der Waals surface area contributed by atoms with Crippen molar-refractivity contribution in [1.82, 2.24) is 4.90 Å². The summed E-state index contributed by atoms with van der Waals surface area (Å²) in [6.07, 6.45) is 4.09. The van der Waals surface area contributed by atoms with Gasteiger partial charge in [0.1, 0.15) is 0 Å². The summed E-state index contributed by atoms with van der Waals surface area (Å²) < 4.78 is 0. The van der Waals surface area contributed by atoms with Crippen LogP contribution < -0.4 is 5.73 Å². The third kappa shape index (κ3) is 3.63. The Morgan fingerprint density at radius 3 is 2.54 bits per heavy atom. The first-order valence-corrected chi connectivity index (χ1v) is 5.14. The summed E-state index contributed by atoms with van der Waals surface area (Å²) in [7, 11) is 2.06. The summed E-state index contributed by atoms with van der Waals surface area (Å²) in [5, 5.41) is 9.73. The van der Waals surface area contributed by atoms with Crippen LogP contribution in [0.3, 0.4) is 0 Å². The Bertz CT molecular complexity index is 155. The van der Waals surface area contributed by atoms with Crippen LogP contribution in [0, 0.1) is 5.92 Å². The average Bonchev–Trinajstić information content (AvgIpc) is 1.96. The van der Waals surface area contributed by atoms with Crippen molar-refractivity contribution in [2.75, 3.05) is 26.7 Å². The Morgan fingerprint density at radius 2 is 2.15 bits per heavy atom. The predicted molar refractivity (Wildman–Crippen MR) is 54.5 cm³/mol. The van der Waals surface area contributed by atoms with Crippen molar-refractivity contribution in [3.63, 3.8) is 0 Å². The minimum Gasteiger partial charge on any atom is -0.388 e. The fourth-order valence-corrected chi connectivity index (χ4v) is 1.83. The molecule has 1 rings (SSSR count). The van der Waals surface area contributed by atoms with Gasteiger partial charge in [-0.25, -0.2) is 0 Å². The van der Waals surface area contributed by atoms with Gasteiger partial charge in [-0.2, -0.15) is 0 Å². The lowest BCUT2D eigenvalue weighted by Gasteiger charge is -2.33. The minimum absolute atomic E-state index is 0.335. The van der Waals surface area contributed by atoms with Crippen LogP contribution in [0.25, 0.3) is 0 Å². The molecular weight excluding hydrogens is 164 g/mol. The fourth-order valence-electron chi connectivity index (χ4n) is 1.83. The summed E-state index contributed by atoms with van der Waals surface area (Å²) in [6.45, 7) is 3.92. The topological polar surface area (TPSA) is 49.5 Å². The van der Waals surface area contributed by atoms with Gasteiger partial charge in [-0.1, -0.05) is 6.42 Å². The van der Waals surface area contributed by atoms with E-state index in [1.165, 1.54) is 19.3 Å². The predicted octanol–water partition coefficient (Wildman–Crippen LogP) is 0.428. The number of nitrogens with zero attached hydrogens (tertiary/aromatic N) is 1. The highest BCUT2D eigenvalue weighted by Gasteiger charge is 2.24. The molecule has 0 aromatic rings. The van der Waals surface area contributed by atoms with E-state index in [1.807, 2.05) is 0 Å². The van der Waals surface area contributed by atoms with Crippen molar-refractivity contribution in [1.29, 1.82) is 0 Å². The van der Waals surface area contributed by atoms with E-state index in [0.29, 0.717) is 13.1 Å². The molecule has 1 unspecified atom stereocenters. The largest absolute Gasteiger partial charge is 0.388 e. The summed E-state index contributed by atoms with van der Waals surface area (Å²) >= 11 is 0. The summed E-state index contributed by atoms with van der Waals surface area (Å²) in [5.74, 6) is 0.860. The third-order valence-electron chi connectivity index (χ3n) is 2.84. The fraction of sp³-hybridized carbons (Fsp3) is 1.00. The first kappa shape index (κ1) is 11.0. The molecule has 0 saturated heterocycles. The maximum atomic E-state index is 9.73. The molecule has 0 heterocycles. The van der Waals surface area contributed by atoms with Crippen LogP contribution in [0.5, 0.6) is 0 Å². The molecule has 1 atom stereocenters. The molecule has 1 aliphatic carbocycles. The summed E-state index contributed by atoms with van der Waals surface area (Å²) in [4.78, 5) is 2.19. The van der Waals surface area contributed by atoms with Crippen LogP contribution in [0.4, 0.5) is 0 Å². The number of aliphatic hydroxyl groups is 1. The second kappa shape index (κ2) is 4.40. The Labute approximate surface area is 80.9 Å². The first-order valence-electron chi connectivity index (χ1n) is 5.14. The average molecular weight is 186 g/mol. The smallest absolute Gasteiger partial charge is 0.0867 e. The van der Waals surface area contributed by atoms with E-state index in [0.717, 1.165) is 12.5 Å². The van der Waals surface area contributed by atoms with Crippen LogP contribution >= 0.6 is 0 Å². The van der Waals surface area contributed by atoms with E-state index in [1.54, 1.807) is 6.92 Å². The number of hydrogen-bond acceptors (Lipinski definition) is 3. The Balaban J connectivity index is 2.19. The van der Waals surface area contributed by atoms with Crippen LogP contribution in [0.15, 0.2) is 0 Å². The van der Waals surface area contributed by atoms with Crippen molar-refractivity contribution in [2.45, 2.75) is 31.8 Å². The zero-order valence-electron chi connectivity index (χ0n) is 8.79. The molecule has 0 aliphatic heterocycles. The van der Waals surface area contributed by atoms with Crippen molar-refractivity contribution in [3.05, 3.63) is 0 Å². The Morgan fingerprint density at radius 1 is 1.54 bits per heavy atom. The van der Waals surface area contributed by atoms with Crippen molar-refractivity contribution in [3.8, 4) is 0 Å². The number of nitrogens with two attached hydrogens (primary N) is 1. The molecule has 0 bridgehead atoms. The molecule has 0 radical (unpaired) electrons. The lowest BCUT2D eigenvalue weighted by atomic mass is 9.85. The monoisotopic (exact) mass is 186 g/mol. The summed E-state index contributed by atoms with van der Waals surface area (Å²) in [6, 6.07) is 0. The van der Waals surface area contributed by atoms with Crippen LogP contribution in [-0.4, -0.2) is 42.3 Å². The molecule has 78 valence electrons. The molecule has 0 aromatic heterocycles. The molecule has 0 spiro atoms. The molecule has 1 aliphatic rings. The second-order valence-corrected chi connectivity index (χ2v) is 4.69. The number of hydrogen-bond donors (Lipinski definition) is 2. The van der Waals surface area contributed by atoms with Crippen molar-refractivity contribution < 1.29 is 5.11 Å². The SMILES string of the molecule is CN(CC1CCC1)CC(C)(O)CN. The molecule has 1 fully saturated rings. The van der Waals surface area contributed by atoms with Gasteiger partial charge in [0.2, 0.25) is 0 Å². The lowest BCUT2D eigenvalue weighted by molar-refractivity contribution is 0.0272. The van der Waals surface area contributed by atoms with Gasteiger partial charge in [-0.15, -0.1) is 0 Å². The van der Waals surface area contributed by atoms with E-state index in [4.69, 9.17) is 5.73 Å². The van der Waals surface area contributed by atoms with Gasteiger partial charge >= 0.3 is 0 Å². The third-order valence-corrected chi connectivity index (χ3v) is 2.84. The molecule has 0 aromatic carbocycles. The maximum Gasteiger partial charge on any atom is 0.0867 e. The number of rotatable bonds is 5.